The van der Waals surface area contributed by atoms with E-state index in [4.69, 9.17) is 0 Å². The van der Waals surface area contributed by atoms with Crippen LogP contribution >= 0.6 is 0 Å². The largest absolute Gasteiger partial charge is 0.290 e. The van der Waals surface area contributed by atoms with Gasteiger partial charge in [0.15, 0.2) is 5.78 Å². The van der Waals surface area contributed by atoms with E-state index in [1.807, 2.05) is 69.3 Å². The summed E-state index contributed by atoms with van der Waals surface area (Å²) >= 11 is 0. The van der Waals surface area contributed by atoms with E-state index >= 15 is 0 Å². The number of allylic oxidation sites excluding steroid dienone is 2. The Kier molecular flexibility index (Phi) is 3.92. The van der Waals surface area contributed by atoms with Crippen LogP contribution in [-0.4, -0.2) is 17.4 Å². The lowest BCUT2D eigenvalue weighted by atomic mass is 9.70. The summed E-state index contributed by atoms with van der Waals surface area (Å²) in [6.45, 7) is 5.84. The molecule has 4 heteroatoms. The highest BCUT2D eigenvalue weighted by atomic mass is 16.2. The highest BCUT2D eigenvalue weighted by Crippen LogP contribution is 2.46. The first kappa shape index (κ1) is 17.2. The van der Waals surface area contributed by atoms with Crippen molar-refractivity contribution in [1.29, 1.82) is 0 Å². The number of aryl methyl sites for hydroxylation is 2. The van der Waals surface area contributed by atoms with Gasteiger partial charge in [0.1, 0.15) is 5.41 Å². The van der Waals surface area contributed by atoms with E-state index in [0.717, 1.165) is 22.4 Å². The van der Waals surface area contributed by atoms with E-state index in [1.54, 1.807) is 12.2 Å². The minimum Gasteiger partial charge on any atom is -0.290 e. The molecule has 4 rings (SSSR count). The van der Waals surface area contributed by atoms with Crippen molar-refractivity contribution in [3.05, 3.63) is 83.4 Å². The van der Waals surface area contributed by atoms with Gasteiger partial charge in [0.2, 0.25) is 0 Å². The molecule has 2 aliphatic rings. The lowest BCUT2D eigenvalue weighted by Gasteiger charge is -2.30. The molecule has 2 aromatic rings. The van der Waals surface area contributed by atoms with Gasteiger partial charge in [0.25, 0.3) is 5.91 Å². The Hall–Kier alpha value is -3.27. The molecule has 1 amide bonds. The van der Waals surface area contributed by atoms with Crippen LogP contribution in [0.5, 0.6) is 0 Å². The molecule has 1 unspecified atom stereocenters. The lowest BCUT2D eigenvalue weighted by molar-refractivity contribution is -0.120. The van der Waals surface area contributed by atoms with Crippen LogP contribution in [0.2, 0.25) is 0 Å². The predicted molar refractivity (Wildman–Crippen MR) is 108 cm³/mol. The van der Waals surface area contributed by atoms with E-state index < -0.39 is 5.41 Å². The van der Waals surface area contributed by atoms with Crippen LogP contribution in [0.25, 0.3) is 5.57 Å². The number of carbonyl (C=O) groups is 2. The maximum absolute atomic E-state index is 13.6. The van der Waals surface area contributed by atoms with Gasteiger partial charge in [-0.3, -0.25) is 9.59 Å². The molecule has 0 N–H and O–H groups in total. The molecule has 1 spiro atoms. The van der Waals surface area contributed by atoms with E-state index in [-0.39, 0.29) is 11.7 Å². The van der Waals surface area contributed by atoms with Crippen molar-refractivity contribution in [2.75, 3.05) is 5.01 Å². The zero-order valence-corrected chi connectivity index (χ0v) is 15.6. The Balaban J connectivity index is 1.85. The van der Waals surface area contributed by atoms with Crippen molar-refractivity contribution in [2.24, 2.45) is 10.5 Å². The fraction of sp³-hybridized carbons (Fsp3) is 0.174. The second-order valence-electron chi connectivity index (χ2n) is 7.11. The molecule has 1 aliphatic heterocycles. The number of nitrogens with zero attached hydrogens (tertiary/aromatic N) is 2. The first-order valence-electron chi connectivity index (χ1n) is 8.91. The third-order valence-corrected chi connectivity index (χ3v) is 5.17. The van der Waals surface area contributed by atoms with E-state index in [1.165, 1.54) is 11.1 Å². The Morgan fingerprint density at radius 2 is 1.67 bits per heavy atom. The quantitative estimate of drug-likeness (QED) is 0.808. The first-order chi connectivity index (χ1) is 12.9. The molecule has 1 atom stereocenters. The van der Waals surface area contributed by atoms with Gasteiger partial charge in [0.05, 0.1) is 11.4 Å². The van der Waals surface area contributed by atoms with Crippen LogP contribution in [0.4, 0.5) is 5.69 Å². The number of ketones is 1. The minimum atomic E-state index is -1.05. The van der Waals surface area contributed by atoms with Crippen molar-refractivity contribution >= 4 is 28.7 Å². The lowest BCUT2D eigenvalue weighted by Crippen LogP contribution is -2.40. The standard InChI is InChI=1S/C23H20N2O2/c1-15-7-9-19(10-8-15)25-22(27)23(17(3)24-25)12-11-20(26)14-21(23)18-6-4-5-16(2)13-18/h4-14H,1-3H3. The summed E-state index contributed by atoms with van der Waals surface area (Å²) in [5, 5.41) is 6.01. The zero-order chi connectivity index (χ0) is 19.2. The van der Waals surface area contributed by atoms with Gasteiger partial charge in [0, 0.05) is 0 Å². The fourth-order valence-electron chi connectivity index (χ4n) is 3.68. The van der Waals surface area contributed by atoms with Crippen molar-refractivity contribution in [2.45, 2.75) is 20.8 Å². The summed E-state index contributed by atoms with van der Waals surface area (Å²) in [4.78, 5) is 25.7. The SMILES string of the molecule is CC1=NN(c2ccc(C)cc2)C(=O)C12C=CC(=O)C=C2c1cccc(C)c1. The fourth-order valence-corrected chi connectivity index (χ4v) is 3.68. The van der Waals surface area contributed by atoms with Crippen LogP contribution in [0.3, 0.4) is 0 Å². The number of anilines is 1. The van der Waals surface area contributed by atoms with E-state index in [9.17, 15) is 9.59 Å². The van der Waals surface area contributed by atoms with Gasteiger partial charge < -0.3 is 0 Å². The molecule has 134 valence electrons. The topological polar surface area (TPSA) is 49.7 Å². The Labute approximate surface area is 158 Å². The third-order valence-electron chi connectivity index (χ3n) is 5.17. The van der Waals surface area contributed by atoms with Gasteiger partial charge in [-0.1, -0.05) is 53.6 Å². The number of benzene rings is 2. The van der Waals surface area contributed by atoms with Crippen molar-refractivity contribution in [1.82, 2.24) is 0 Å². The number of amides is 1. The second kappa shape index (κ2) is 6.16. The molecular formula is C23H20N2O2. The smallest absolute Gasteiger partial charge is 0.267 e. The molecule has 1 aliphatic carbocycles. The molecule has 0 saturated heterocycles. The zero-order valence-electron chi connectivity index (χ0n) is 15.6. The van der Waals surface area contributed by atoms with Crippen LogP contribution in [0, 0.1) is 19.3 Å². The molecule has 2 aromatic carbocycles. The second-order valence-corrected chi connectivity index (χ2v) is 7.11. The highest BCUT2D eigenvalue weighted by molar-refractivity contribution is 6.30. The summed E-state index contributed by atoms with van der Waals surface area (Å²) in [7, 11) is 0. The third kappa shape index (κ3) is 2.65. The summed E-state index contributed by atoms with van der Waals surface area (Å²) in [5.41, 5.74) is 4.05. The molecular weight excluding hydrogens is 336 g/mol. The molecule has 0 saturated carbocycles. The van der Waals surface area contributed by atoms with E-state index in [0.29, 0.717) is 11.3 Å². The van der Waals surface area contributed by atoms with Crippen LogP contribution in [0.15, 0.2) is 71.9 Å². The Morgan fingerprint density at radius 3 is 2.37 bits per heavy atom. The number of rotatable bonds is 2. The number of carbonyl (C=O) groups excluding carboxylic acids is 2. The summed E-state index contributed by atoms with van der Waals surface area (Å²) < 4.78 is 0. The van der Waals surface area contributed by atoms with Gasteiger partial charge in [-0.15, -0.1) is 0 Å². The maximum atomic E-state index is 13.6. The van der Waals surface area contributed by atoms with Crippen molar-refractivity contribution in [3.63, 3.8) is 0 Å². The molecule has 27 heavy (non-hydrogen) atoms. The number of hydrazone groups is 1. The first-order valence-corrected chi connectivity index (χ1v) is 8.91. The van der Waals surface area contributed by atoms with Gasteiger partial charge in [-0.05, 0) is 56.2 Å². The number of hydrogen-bond acceptors (Lipinski definition) is 3. The molecule has 0 bridgehead atoms. The average Bonchev–Trinajstić information content (AvgIpc) is 2.90. The normalized spacial score (nSPS) is 21.7. The molecule has 0 radical (unpaired) electrons. The molecule has 4 nitrogen and oxygen atoms in total. The Morgan fingerprint density at radius 1 is 0.926 bits per heavy atom. The summed E-state index contributed by atoms with van der Waals surface area (Å²) in [5.74, 6) is -0.285. The molecule has 0 fully saturated rings. The number of hydrogen-bond donors (Lipinski definition) is 0. The summed E-state index contributed by atoms with van der Waals surface area (Å²) in [6, 6.07) is 15.5. The average molecular weight is 356 g/mol. The van der Waals surface area contributed by atoms with Crippen molar-refractivity contribution < 1.29 is 9.59 Å². The van der Waals surface area contributed by atoms with Crippen LogP contribution in [0.1, 0.15) is 23.6 Å². The summed E-state index contributed by atoms with van der Waals surface area (Å²) in [6.07, 6.45) is 4.72. The van der Waals surface area contributed by atoms with Gasteiger partial charge in [-0.25, -0.2) is 0 Å². The maximum Gasteiger partial charge on any atom is 0.267 e. The minimum absolute atomic E-state index is 0.119. The predicted octanol–water partition coefficient (Wildman–Crippen LogP) is 4.23. The molecule has 1 heterocycles. The van der Waals surface area contributed by atoms with E-state index in [2.05, 4.69) is 5.10 Å². The van der Waals surface area contributed by atoms with Crippen LogP contribution < -0.4 is 5.01 Å². The van der Waals surface area contributed by atoms with Crippen LogP contribution in [-0.2, 0) is 9.59 Å². The molecule has 0 aromatic heterocycles. The van der Waals surface area contributed by atoms with Gasteiger partial charge >= 0.3 is 0 Å². The monoisotopic (exact) mass is 356 g/mol. The Bertz CT molecular complexity index is 1040. The highest BCUT2D eigenvalue weighted by Gasteiger charge is 2.52. The van der Waals surface area contributed by atoms with Gasteiger partial charge in [-0.2, -0.15) is 10.1 Å². The van der Waals surface area contributed by atoms with Crippen molar-refractivity contribution in [3.8, 4) is 0 Å².